The summed E-state index contributed by atoms with van der Waals surface area (Å²) in [6.45, 7) is 0. The van der Waals surface area contributed by atoms with Crippen LogP contribution >= 0.6 is 0 Å². The van der Waals surface area contributed by atoms with E-state index in [4.69, 9.17) is 0 Å². The summed E-state index contributed by atoms with van der Waals surface area (Å²) in [6.07, 6.45) is 0. The number of rotatable bonds is 1. The molecule has 0 amide bonds. The third-order valence-corrected chi connectivity index (χ3v) is 0.988. The molecule has 1 aromatic heterocycles. The van der Waals surface area contributed by atoms with Crippen LogP contribution in [-0.2, 0) is 0 Å². The molecule has 0 aliphatic carbocycles. The van der Waals surface area contributed by atoms with Crippen LogP contribution in [0.2, 0.25) is 0 Å². The lowest BCUT2D eigenvalue weighted by Gasteiger charge is -1.98. The molecule has 0 saturated heterocycles. The van der Waals surface area contributed by atoms with Crippen LogP contribution in [0.1, 0.15) is 10.5 Å². The first-order valence-electron chi connectivity index (χ1n) is 2.61. The molecule has 0 saturated carbocycles. The summed E-state index contributed by atoms with van der Waals surface area (Å²) in [5.74, 6) is -1.38. The van der Waals surface area contributed by atoms with E-state index in [1.165, 1.54) is 18.2 Å². The number of nitrogens with one attached hydrogen (secondary N) is 1. The highest BCUT2D eigenvalue weighted by molar-refractivity contribution is 5.83. The third kappa shape index (κ3) is 1.22. The Hall–Kier alpha value is -1.58. The largest absolute Gasteiger partial charge is 0.543 e. The van der Waals surface area contributed by atoms with E-state index in [0.29, 0.717) is 0 Å². The number of aromatic nitrogens is 1. The smallest absolute Gasteiger partial charge is 0.248 e. The molecular formula is C6H4NO3-. The van der Waals surface area contributed by atoms with Gasteiger partial charge < -0.3 is 14.9 Å². The van der Waals surface area contributed by atoms with Gasteiger partial charge in [0, 0.05) is 6.07 Å². The number of hydrogen-bond donors (Lipinski definition) is 1. The highest BCUT2D eigenvalue weighted by Crippen LogP contribution is 1.84. The fourth-order valence-corrected chi connectivity index (χ4v) is 0.567. The lowest BCUT2D eigenvalue weighted by Crippen LogP contribution is -2.25. The van der Waals surface area contributed by atoms with Crippen molar-refractivity contribution in [2.75, 3.05) is 0 Å². The molecule has 1 N–H and O–H groups in total. The topological polar surface area (TPSA) is 73.0 Å². The van der Waals surface area contributed by atoms with Gasteiger partial charge in [-0.1, -0.05) is 6.07 Å². The summed E-state index contributed by atoms with van der Waals surface area (Å²) in [6, 6.07) is 3.84. The van der Waals surface area contributed by atoms with Gasteiger partial charge in [-0.3, -0.25) is 4.79 Å². The van der Waals surface area contributed by atoms with Crippen molar-refractivity contribution in [3.8, 4) is 0 Å². The summed E-state index contributed by atoms with van der Waals surface area (Å²) >= 11 is 0. The highest BCUT2D eigenvalue weighted by Gasteiger charge is 1.90. The van der Waals surface area contributed by atoms with E-state index in [1.807, 2.05) is 0 Å². The predicted molar refractivity (Wildman–Crippen MR) is 31.4 cm³/mol. The number of pyridine rings is 1. The second kappa shape index (κ2) is 2.34. The molecule has 0 aromatic carbocycles. The lowest BCUT2D eigenvalue weighted by molar-refractivity contribution is -0.255. The Morgan fingerprint density at radius 1 is 1.50 bits per heavy atom. The average Bonchev–Trinajstić information content (AvgIpc) is 1.88. The van der Waals surface area contributed by atoms with Crippen LogP contribution in [0.3, 0.4) is 0 Å². The van der Waals surface area contributed by atoms with Gasteiger partial charge >= 0.3 is 0 Å². The van der Waals surface area contributed by atoms with Gasteiger partial charge in [-0.15, -0.1) is 0 Å². The number of hydrogen-bond acceptors (Lipinski definition) is 3. The highest BCUT2D eigenvalue weighted by atomic mass is 16.4. The summed E-state index contributed by atoms with van der Waals surface area (Å²) in [4.78, 5) is 22.6. The summed E-state index contributed by atoms with van der Waals surface area (Å²) in [5, 5.41) is 10.1. The molecule has 0 aliphatic heterocycles. The van der Waals surface area contributed by atoms with Crippen LogP contribution in [-0.4, -0.2) is 11.0 Å². The van der Waals surface area contributed by atoms with Gasteiger partial charge in [-0.2, -0.15) is 0 Å². The minimum absolute atomic E-state index is 0.201. The van der Waals surface area contributed by atoms with Crippen molar-refractivity contribution >= 4 is 5.97 Å². The zero-order valence-electron chi connectivity index (χ0n) is 4.96. The van der Waals surface area contributed by atoms with Gasteiger partial charge in [-0.05, 0) is 6.07 Å². The van der Waals surface area contributed by atoms with Crippen LogP contribution in [0.5, 0.6) is 0 Å². The SMILES string of the molecule is O=C([O-])c1cccc(=O)[nH]1. The van der Waals surface area contributed by atoms with Crippen molar-refractivity contribution in [3.05, 3.63) is 34.2 Å². The van der Waals surface area contributed by atoms with E-state index < -0.39 is 11.5 Å². The maximum Gasteiger partial charge on any atom is 0.248 e. The number of aromatic amines is 1. The van der Waals surface area contributed by atoms with E-state index in [1.54, 1.807) is 0 Å². The van der Waals surface area contributed by atoms with E-state index in [0.717, 1.165) is 0 Å². The van der Waals surface area contributed by atoms with Gasteiger partial charge in [0.2, 0.25) is 5.56 Å². The number of carbonyl (C=O) groups excluding carboxylic acids is 1. The standard InChI is InChI=1S/C6H5NO3/c8-5-3-1-2-4(7-5)6(9)10/h1-3H,(H,7,8)(H,9,10)/p-1. The average molecular weight is 138 g/mol. The first kappa shape index (κ1) is 6.54. The Labute approximate surface area is 56.1 Å². The monoisotopic (exact) mass is 138 g/mol. The fraction of sp³-hybridized carbons (Fsp3) is 0. The fourth-order valence-electron chi connectivity index (χ4n) is 0.567. The van der Waals surface area contributed by atoms with E-state index in [2.05, 4.69) is 4.98 Å². The molecule has 0 atom stereocenters. The molecule has 1 aromatic rings. The Balaban J connectivity index is 3.20. The normalized spacial score (nSPS) is 9.20. The minimum Gasteiger partial charge on any atom is -0.543 e. The van der Waals surface area contributed by atoms with Gasteiger partial charge in [-0.25, -0.2) is 0 Å². The summed E-state index contributed by atoms with van der Waals surface area (Å²) < 4.78 is 0. The van der Waals surface area contributed by atoms with Crippen molar-refractivity contribution in [1.29, 1.82) is 0 Å². The number of aromatic carboxylic acids is 1. The molecule has 0 unspecified atom stereocenters. The van der Waals surface area contributed by atoms with E-state index in [-0.39, 0.29) is 5.69 Å². The Morgan fingerprint density at radius 2 is 2.20 bits per heavy atom. The van der Waals surface area contributed by atoms with E-state index >= 15 is 0 Å². The lowest BCUT2D eigenvalue weighted by atomic mass is 10.4. The molecular weight excluding hydrogens is 134 g/mol. The second-order valence-corrected chi connectivity index (χ2v) is 1.72. The van der Waals surface area contributed by atoms with Crippen LogP contribution in [0.25, 0.3) is 0 Å². The Morgan fingerprint density at radius 3 is 2.60 bits per heavy atom. The van der Waals surface area contributed by atoms with Crippen LogP contribution in [0.15, 0.2) is 23.0 Å². The Bertz CT molecular complexity index is 302. The zero-order chi connectivity index (χ0) is 7.56. The maximum atomic E-state index is 10.4. The van der Waals surface area contributed by atoms with Gasteiger partial charge in [0.05, 0.1) is 11.7 Å². The first-order chi connectivity index (χ1) is 4.70. The van der Waals surface area contributed by atoms with Crippen molar-refractivity contribution in [2.24, 2.45) is 0 Å². The molecule has 0 fully saturated rings. The zero-order valence-corrected chi connectivity index (χ0v) is 4.96. The van der Waals surface area contributed by atoms with Crippen LogP contribution in [0, 0.1) is 0 Å². The van der Waals surface area contributed by atoms with Crippen LogP contribution < -0.4 is 10.7 Å². The number of carboxylic acid groups (broad SMARTS) is 1. The number of carbonyl (C=O) groups is 1. The summed E-state index contributed by atoms with van der Waals surface area (Å²) in [7, 11) is 0. The van der Waals surface area contributed by atoms with E-state index in [9.17, 15) is 14.7 Å². The third-order valence-electron chi connectivity index (χ3n) is 0.988. The van der Waals surface area contributed by atoms with Crippen molar-refractivity contribution in [1.82, 2.24) is 4.98 Å². The van der Waals surface area contributed by atoms with Crippen molar-refractivity contribution < 1.29 is 9.90 Å². The Kier molecular flexibility index (Phi) is 1.53. The van der Waals surface area contributed by atoms with Crippen LogP contribution in [0.4, 0.5) is 0 Å². The quantitative estimate of drug-likeness (QED) is 0.526. The number of carboxylic acids is 1. The molecule has 0 bridgehead atoms. The van der Waals surface area contributed by atoms with Crippen molar-refractivity contribution in [3.63, 3.8) is 0 Å². The molecule has 52 valence electrons. The minimum atomic E-state index is -1.38. The molecule has 10 heavy (non-hydrogen) atoms. The number of H-pyrrole nitrogens is 1. The molecule has 1 rings (SSSR count). The van der Waals surface area contributed by atoms with Gasteiger partial charge in [0.25, 0.3) is 0 Å². The molecule has 1 heterocycles. The first-order valence-corrected chi connectivity index (χ1v) is 2.61. The molecule has 4 heteroatoms. The molecule has 4 nitrogen and oxygen atoms in total. The molecule has 0 spiro atoms. The predicted octanol–water partition coefficient (Wildman–Crippen LogP) is -1.26. The summed E-state index contributed by atoms with van der Waals surface area (Å²) in [5.41, 5.74) is -0.644. The molecule has 0 aliphatic rings. The van der Waals surface area contributed by atoms with Gasteiger partial charge in [0.15, 0.2) is 0 Å². The second-order valence-electron chi connectivity index (χ2n) is 1.72. The molecule has 0 radical (unpaired) electrons. The van der Waals surface area contributed by atoms with Crippen molar-refractivity contribution in [2.45, 2.75) is 0 Å². The van der Waals surface area contributed by atoms with Gasteiger partial charge in [0.1, 0.15) is 0 Å². The maximum absolute atomic E-state index is 10.4.